The minimum atomic E-state index is -0.361. The van der Waals surface area contributed by atoms with Crippen molar-refractivity contribution >= 4 is 22.9 Å². The Kier molecular flexibility index (Phi) is 5.26. The molecular weight excluding hydrogens is 418 g/mol. The van der Waals surface area contributed by atoms with Gasteiger partial charge in [-0.25, -0.2) is 14.6 Å². The Morgan fingerprint density at radius 2 is 2.09 bits per heavy atom. The first-order chi connectivity index (χ1) is 16.0. The van der Waals surface area contributed by atoms with Crippen molar-refractivity contribution < 1.29 is 9.53 Å². The number of nitrogens with one attached hydrogen (secondary N) is 1. The molecule has 9 heteroatoms. The molecule has 0 saturated heterocycles. The summed E-state index contributed by atoms with van der Waals surface area (Å²) >= 11 is 0. The van der Waals surface area contributed by atoms with Gasteiger partial charge in [-0.1, -0.05) is 19.1 Å². The molecule has 0 saturated carbocycles. The van der Waals surface area contributed by atoms with E-state index in [1.54, 1.807) is 24.0 Å². The predicted octanol–water partition coefficient (Wildman–Crippen LogP) is 3.76. The molecule has 1 aliphatic heterocycles. The predicted molar refractivity (Wildman–Crippen MR) is 123 cm³/mol. The quantitative estimate of drug-likeness (QED) is 0.445. The van der Waals surface area contributed by atoms with E-state index in [1.807, 2.05) is 34.9 Å². The number of pyridine rings is 1. The molecule has 3 aromatic heterocycles. The molecule has 5 rings (SSSR count). The van der Waals surface area contributed by atoms with Crippen molar-refractivity contribution in [1.29, 1.82) is 5.26 Å². The lowest BCUT2D eigenvalue weighted by Crippen LogP contribution is -2.18. The van der Waals surface area contributed by atoms with Crippen molar-refractivity contribution in [3.63, 3.8) is 0 Å². The highest BCUT2D eigenvalue weighted by molar-refractivity contribution is 6.05. The van der Waals surface area contributed by atoms with Crippen LogP contribution in [-0.4, -0.2) is 36.8 Å². The maximum atomic E-state index is 13.3. The van der Waals surface area contributed by atoms with Crippen molar-refractivity contribution in [1.82, 2.24) is 24.3 Å². The number of imidazole rings is 1. The molecule has 1 aliphatic rings. The minimum Gasteiger partial charge on any atom is -0.477 e. The number of carbonyl (C=O) groups excluding carboxylic acids is 1. The third-order valence-corrected chi connectivity index (χ3v) is 5.82. The molecule has 0 fully saturated rings. The molecule has 0 aliphatic carbocycles. The normalized spacial score (nSPS) is 16.5. The molecule has 33 heavy (non-hydrogen) atoms. The zero-order valence-corrected chi connectivity index (χ0v) is 18.4. The number of hydrogen-bond acceptors (Lipinski definition) is 6. The van der Waals surface area contributed by atoms with Crippen LogP contribution < -0.4 is 10.1 Å². The van der Waals surface area contributed by atoms with E-state index in [-0.39, 0.29) is 11.6 Å². The first kappa shape index (κ1) is 20.7. The number of amides is 1. The summed E-state index contributed by atoms with van der Waals surface area (Å²) in [7, 11) is 1.79. The Morgan fingerprint density at radius 1 is 1.24 bits per heavy atom. The molecule has 1 amide bonds. The Morgan fingerprint density at radius 3 is 2.94 bits per heavy atom. The van der Waals surface area contributed by atoms with E-state index in [4.69, 9.17) is 4.74 Å². The summed E-state index contributed by atoms with van der Waals surface area (Å²) in [5, 5.41) is 16.8. The number of hydrogen-bond donors (Lipinski definition) is 1. The van der Waals surface area contributed by atoms with Crippen LogP contribution in [0.15, 0.2) is 42.6 Å². The Labute approximate surface area is 190 Å². The van der Waals surface area contributed by atoms with E-state index < -0.39 is 0 Å². The molecule has 0 radical (unpaired) electrons. The highest BCUT2D eigenvalue weighted by atomic mass is 16.5. The van der Waals surface area contributed by atoms with Gasteiger partial charge in [0.2, 0.25) is 11.8 Å². The second-order valence-corrected chi connectivity index (χ2v) is 8.31. The van der Waals surface area contributed by atoms with E-state index in [0.717, 1.165) is 23.9 Å². The molecule has 9 nitrogen and oxygen atoms in total. The molecular formula is C24H23N7O2. The van der Waals surface area contributed by atoms with Gasteiger partial charge < -0.3 is 9.30 Å². The summed E-state index contributed by atoms with van der Waals surface area (Å²) < 4.78 is 9.75. The number of benzene rings is 1. The summed E-state index contributed by atoms with van der Waals surface area (Å²) in [4.78, 5) is 22.3. The van der Waals surface area contributed by atoms with Gasteiger partial charge in [0.25, 0.3) is 5.91 Å². The van der Waals surface area contributed by atoms with Gasteiger partial charge in [-0.2, -0.15) is 10.4 Å². The molecule has 0 spiro atoms. The maximum Gasteiger partial charge on any atom is 0.258 e. The highest BCUT2D eigenvalue weighted by Crippen LogP contribution is 2.30. The highest BCUT2D eigenvalue weighted by Gasteiger charge is 2.21. The standard InChI is InChI=1S/C24H23N7O2/c1-15-6-5-9-33-23-18(13-26-30(23)2)20-11-16(10-17(12-25)27-20)22(32)29-24-28-19-7-3-4-8-21(19)31(24)14-15/h3-4,7-8,10-11,13,15H,5-6,9,14H2,1-2H3,(H,28,29,32)/t15-/m1/s1. The summed E-state index contributed by atoms with van der Waals surface area (Å²) in [5.41, 5.74) is 3.33. The first-order valence-corrected chi connectivity index (χ1v) is 10.9. The molecule has 0 unspecified atom stereocenters. The SMILES string of the molecule is C[C@@H]1CCCOc2c(cnn2C)-c2cc(cc(C#N)n2)C(=O)Nc2nc3ccccc3n2C1. The van der Waals surface area contributed by atoms with E-state index in [1.165, 1.54) is 6.07 Å². The second-order valence-electron chi connectivity index (χ2n) is 8.31. The molecule has 4 aromatic rings. The fraction of sp³-hybridized carbons (Fsp3) is 0.292. The summed E-state index contributed by atoms with van der Waals surface area (Å²) in [5.74, 6) is 1.02. The number of nitriles is 1. The van der Waals surface area contributed by atoms with E-state index in [2.05, 4.69) is 27.3 Å². The van der Waals surface area contributed by atoms with Gasteiger partial charge in [-0.05, 0) is 43.0 Å². The number of rotatable bonds is 0. The van der Waals surface area contributed by atoms with Crippen LogP contribution >= 0.6 is 0 Å². The number of fused-ring (bicyclic) bond motifs is 7. The lowest BCUT2D eigenvalue weighted by Gasteiger charge is -2.16. The zero-order chi connectivity index (χ0) is 22.9. The van der Waals surface area contributed by atoms with E-state index in [9.17, 15) is 10.1 Å². The van der Waals surface area contributed by atoms with Crippen LogP contribution in [0, 0.1) is 17.2 Å². The lowest BCUT2D eigenvalue weighted by molar-refractivity contribution is 0.102. The van der Waals surface area contributed by atoms with Crippen molar-refractivity contribution in [2.75, 3.05) is 11.9 Å². The molecule has 1 aromatic carbocycles. The summed E-state index contributed by atoms with van der Waals surface area (Å²) in [6, 6.07) is 13.0. The summed E-state index contributed by atoms with van der Waals surface area (Å²) in [6.45, 7) is 3.41. The Balaban J connectivity index is 1.64. The van der Waals surface area contributed by atoms with Crippen molar-refractivity contribution in [2.45, 2.75) is 26.3 Å². The van der Waals surface area contributed by atoms with E-state index >= 15 is 0 Å². The fourth-order valence-corrected chi connectivity index (χ4v) is 4.16. The van der Waals surface area contributed by atoms with Crippen LogP contribution in [0.5, 0.6) is 5.88 Å². The van der Waals surface area contributed by atoms with Crippen LogP contribution in [0.3, 0.4) is 0 Å². The van der Waals surface area contributed by atoms with Crippen LogP contribution in [0.2, 0.25) is 0 Å². The Hall–Kier alpha value is -4.19. The van der Waals surface area contributed by atoms with Crippen molar-refractivity contribution in [3.05, 3.63) is 53.9 Å². The third kappa shape index (κ3) is 3.91. The Bertz CT molecular complexity index is 1400. The van der Waals surface area contributed by atoms with Gasteiger partial charge in [0, 0.05) is 19.2 Å². The molecule has 4 heterocycles. The number of para-hydroxylation sites is 2. The van der Waals surface area contributed by atoms with Gasteiger partial charge in [0.15, 0.2) is 0 Å². The fourth-order valence-electron chi connectivity index (χ4n) is 4.16. The average Bonchev–Trinajstić information content (AvgIpc) is 3.35. The minimum absolute atomic E-state index is 0.138. The monoisotopic (exact) mass is 441 g/mol. The maximum absolute atomic E-state index is 13.3. The van der Waals surface area contributed by atoms with E-state index in [0.29, 0.717) is 47.7 Å². The van der Waals surface area contributed by atoms with Gasteiger partial charge >= 0.3 is 0 Å². The largest absolute Gasteiger partial charge is 0.477 e. The molecule has 1 atom stereocenters. The lowest BCUT2D eigenvalue weighted by atomic mass is 10.1. The van der Waals surface area contributed by atoms with Gasteiger partial charge in [-0.15, -0.1) is 0 Å². The van der Waals surface area contributed by atoms with Crippen LogP contribution in [0.1, 0.15) is 35.8 Å². The first-order valence-electron chi connectivity index (χ1n) is 10.9. The number of carbonyl (C=O) groups is 1. The van der Waals surface area contributed by atoms with Crippen LogP contribution in [0.4, 0.5) is 5.95 Å². The summed E-state index contributed by atoms with van der Waals surface area (Å²) in [6.07, 6.45) is 3.44. The van der Waals surface area contributed by atoms with Crippen molar-refractivity contribution in [2.24, 2.45) is 13.0 Å². The third-order valence-electron chi connectivity index (χ3n) is 5.82. The van der Waals surface area contributed by atoms with Crippen LogP contribution in [0.25, 0.3) is 22.3 Å². The van der Waals surface area contributed by atoms with Gasteiger partial charge in [0.05, 0.1) is 35.1 Å². The van der Waals surface area contributed by atoms with Gasteiger partial charge in [-0.3, -0.25) is 10.1 Å². The number of nitrogens with zero attached hydrogens (tertiary/aromatic N) is 6. The van der Waals surface area contributed by atoms with Crippen molar-refractivity contribution in [3.8, 4) is 23.2 Å². The molecule has 2 bridgehead atoms. The number of ether oxygens (including phenoxy) is 1. The number of aromatic nitrogens is 5. The number of aryl methyl sites for hydroxylation is 1. The topological polar surface area (TPSA) is 111 Å². The smallest absolute Gasteiger partial charge is 0.258 e. The van der Waals surface area contributed by atoms with Crippen LogP contribution in [-0.2, 0) is 13.6 Å². The molecule has 166 valence electrons. The number of anilines is 1. The molecule has 1 N–H and O–H groups in total. The zero-order valence-electron chi connectivity index (χ0n) is 18.4. The average molecular weight is 441 g/mol. The van der Waals surface area contributed by atoms with Gasteiger partial charge in [0.1, 0.15) is 11.8 Å². The second kappa shape index (κ2) is 8.39.